The molecule has 0 unspecified atom stereocenters. The van der Waals surface area contributed by atoms with E-state index < -0.39 is 16.0 Å². The Morgan fingerprint density at radius 3 is 1.96 bits per heavy atom. The second kappa shape index (κ2) is 7.80. The molecule has 0 amide bonds. The van der Waals surface area contributed by atoms with Crippen molar-refractivity contribution in [1.29, 1.82) is 0 Å². The highest BCUT2D eigenvalue weighted by Gasteiger charge is 2.21. The molecule has 2 rings (SSSR count). The fourth-order valence-corrected chi connectivity index (χ4v) is 4.09. The molecule has 0 N–H and O–H groups in total. The Kier molecular flexibility index (Phi) is 5.98. The lowest BCUT2D eigenvalue weighted by Gasteiger charge is -2.18. The predicted molar refractivity (Wildman–Crippen MR) is 97.4 cm³/mol. The van der Waals surface area contributed by atoms with Gasteiger partial charge in [-0.2, -0.15) is 4.31 Å². The number of hydrogen-bond acceptors (Lipinski definition) is 4. The number of sulfonamides is 1. The van der Waals surface area contributed by atoms with Crippen LogP contribution in [0.15, 0.2) is 47.4 Å². The summed E-state index contributed by atoms with van der Waals surface area (Å²) in [5.41, 5.74) is 2.31. The maximum Gasteiger partial charge on any atom is 0.343 e. The third kappa shape index (κ3) is 4.46. The monoisotopic (exact) mass is 361 g/mol. The van der Waals surface area contributed by atoms with Gasteiger partial charge in [0.05, 0.1) is 10.5 Å². The zero-order valence-corrected chi connectivity index (χ0v) is 15.8. The summed E-state index contributed by atoms with van der Waals surface area (Å²) >= 11 is 0. The first kappa shape index (κ1) is 19.1. The molecule has 0 bridgehead atoms. The van der Waals surface area contributed by atoms with Crippen molar-refractivity contribution in [3.8, 4) is 5.75 Å². The number of carbonyl (C=O) groups excluding carboxylic acids is 1. The zero-order chi connectivity index (χ0) is 18.6. The molecule has 0 aromatic heterocycles. The lowest BCUT2D eigenvalue weighted by molar-refractivity contribution is 0.0734. The van der Waals surface area contributed by atoms with Crippen LogP contribution in [0.5, 0.6) is 5.75 Å². The van der Waals surface area contributed by atoms with Gasteiger partial charge in [-0.15, -0.1) is 0 Å². The second-order valence-electron chi connectivity index (χ2n) is 5.83. The van der Waals surface area contributed by atoms with E-state index in [9.17, 15) is 13.2 Å². The number of rotatable bonds is 6. The third-order valence-corrected chi connectivity index (χ3v) is 5.90. The largest absolute Gasteiger partial charge is 0.423 e. The first-order valence-corrected chi connectivity index (χ1v) is 9.62. The quantitative estimate of drug-likeness (QED) is 0.583. The van der Waals surface area contributed by atoms with Crippen LogP contribution in [0.25, 0.3) is 0 Å². The fraction of sp³-hybridized carbons (Fsp3) is 0.316. The molecule has 0 radical (unpaired) electrons. The normalized spacial score (nSPS) is 11.6. The molecule has 0 spiro atoms. The zero-order valence-electron chi connectivity index (χ0n) is 14.9. The Balaban J connectivity index is 2.20. The van der Waals surface area contributed by atoms with Gasteiger partial charge in [-0.05, 0) is 61.4 Å². The molecule has 0 heterocycles. The van der Waals surface area contributed by atoms with Crippen LogP contribution in [-0.2, 0) is 10.0 Å². The maximum atomic E-state index is 12.5. The molecule has 0 saturated carbocycles. The van der Waals surface area contributed by atoms with Crippen LogP contribution in [0, 0.1) is 13.8 Å². The van der Waals surface area contributed by atoms with Crippen molar-refractivity contribution >= 4 is 16.0 Å². The van der Waals surface area contributed by atoms with Crippen molar-refractivity contribution in [2.24, 2.45) is 0 Å². The third-order valence-electron chi connectivity index (χ3n) is 3.84. The molecule has 5 nitrogen and oxygen atoms in total. The van der Waals surface area contributed by atoms with E-state index in [2.05, 4.69) is 0 Å². The summed E-state index contributed by atoms with van der Waals surface area (Å²) < 4.78 is 31.7. The first-order chi connectivity index (χ1) is 11.8. The molecule has 0 saturated heterocycles. The smallest absolute Gasteiger partial charge is 0.343 e. The van der Waals surface area contributed by atoms with Gasteiger partial charge in [-0.3, -0.25) is 0 Å². The Hall–Kier alpha value is -2.18. The standard InChI is InChI=1S/C19H23NO4S/c1-5-20(6-2)25(22,23)18-9-7-16(8-10-18)19(21)24-17-12-14(3)11-15(4)13-17/h7-13H,5-6H2,1-4H3. The van der Waals surface area contributed by atoms with Gasteiger partial charge in [-0.1, -0.05) is 19.9 Å². The van der Waals surface area contributed by atoms with Gasteiger partial charge >= 0.3 is 5.97 Å². The molecule has 0 aliphatic rings. The van der Waals surface area contributed by atoms with Crippen molar-refractivity contribution in [2.75, 3.05) is 13.1 Å². The topological polar surface area (TPSA) is 63.7 Å². The number of hydrogen-bond donors (Lipinski definition) is 0. The van der Waals surface area contributed by atoms with Crippen LogP contribution in [0.2, 0.25) is 0 Å². The predicted octanol–water partition coefficient (Wildman–Crippen LogP) is 3.55. The number of aryl methyl sites for hydroxylation is 2. The van der Waals surface area contributed by atoms with Crippen molar-refractivity contribution < 1.29 is 17.9 Å². The van der Waals surface area contributed by atoms with Gasteiger partial charge in [0.1, 0.15) is 5.75 Å². The summed E-state index contributed by atoms with van der Waals surface area (Å²) in [5.74, 6) is -0.0425. The van der Waals surface area contributed by atoms with E-state index in [0.717, 1.165) is 11.1 Å². The molecule has 0 atom stereocenters. The summed E-state index contributed by atoms with van der Waals surface area (Å²) in [7, 11) is -3.53. The van der Waals surface area contributed by atoms with Gasteiger partial charge in [0.25, 0.3) is 0 Å². The van der Waals surface area contributed by atoms with Crippen molar-refractivity contribution in [3.05, 3.63) is 59.2 Å². The highest BCUT2D eigenvalue weighted by Crippen LogP contribution is 2.20. The molecule has 2 aromatic carbocycles. The number of nitrogens with zero attached hydrogens (tertiary/aromatic N) is 1. The van der Waals surface area contributed by atoms with Gasteiger partial charge in [0.15, 0.2) is 0 Å². The molecule has 134 valence electrons. The second-order valence-corrected chi connectivity index (χ2v) is 7.76. The number of benzene rings is 2. The van der Waals surface area contributed by atoms with E-state index in [-0.39, 0.29) is 4.90 Å². The summed E-state index contributed by atoms with van der Waals surface area (Å²) in [6, 6.07) is 11.4. The molecule has 0 fully saturated rings. The van der Waals surface area contributed by atoms with Crippen molar-refractivity contribution in [1.82, 2.24) is 4.31 Å². The van der Waals surface area contributed by atoms with Gasteiger partial charge < -0.3 is 4.74 Å². The highest BCUT2D eigenvalue weighted by molar-refractivity contribution is 7.89. The molecular weight excluding hydrogens is 338 g/mol. The van der Waals surface area contributed by atoms with Crippen LogP contribution < -0.4 is 4.74 Å². The van der Waals surface area contributed by atoms with E-state index in [4.69, 9.17) is 4.74 Å². The van der Waals surface area contributed by atoms with Crippen LogP contribution in [-0.4, -0.2) is 31.8 Å². The van der Waals surface area contributed by atoms with E-state index >= 15 is 0 Å². The lowest BCUT2D eigenvalue weighted by atomic mass is 10.1. The highest BCUT2D eigenvalue weighted by atomic mass is 32.2. The summed E-state index contributed by atoms with van der Waals surface area (Å²) in [5, 5.41) is 0. The van der Waals surface area contributed by atoms with E-state index in [1.165, 1.54) is 28.6 Å². The molecule has 6 heteroatoms. The van der Waals surface area contributed by atoms with Crippen LogP contribution >= 0.6 is 0 Å². The SMILES string of the molecule is CCN(CC)S(=O)(=O)c1ccc(C(=O)Oc2cc(C)cc(C)c2)cc1. The molecule has 25 heavy (non-hydrogen) atoms. The summed E-state index contributed by atoms with van der Waals surface area (Å²) in [6.45, 7) is 8.23. The molecular formula is C19H23NO4S. The Labute approximate surface area is 149 Å². The Morgan fingerprint density at radius 2 is 1.48 bits per heavy atom. The minimum Gasteiger partial charge on any atom is -0.423 e. The number of carbonyl (C=O) groups is 1. The van der Waals surface area contributed by atoms with E-state index in [1.54, 1.807) is 26.0 Å². The summed E-state index contributed by atoms with van der Waals surface area (Å²) in [4.78, 5) is 12.4. The average molecular weight is 361 g/mol. The van der Waals surface area contributed by atoms with Gasteiger partial charge in [0.2, 0.25) is 10.0 Å². The number of esters is 1. The summed E-state index contributed by atoms with van der Waals surface area (Å²) in [6.07, 6.45) is 0. The molecule has 0 aliphatic heterocycles. The fourth-order valence-electron chi connectivity index (χ4n) is 2.63. The first-order valence-electron chi connectivity index (χ1n) is 8.18. The van der Waals surface area contributed by atoms with E-state index in [0.29, 0.717) is 24.4 Å². The van der Waals surface area contributed by atoms with Crippen LogP contribution in [0.3, 0.4) is 0 Å². The minimum atomic E-state index is -3.53. The van der Waals surface area contributed by atoms with Crippen LogP contribution in [0.4, 0.5) is 0 Å². The van der Waals surface area contributed by atoms with E-state index in [1.807, 2.05) is 19.9 Å². The Morgan fingerprint density at radius 1 is 0.960 bits per heavy atom. The average Bonchev–Trinajstić information content (AvgIpc) is 2.55. The lowest BCUT2D eigenvalue weighted by Crippen LogP contribution is -2.30. The Bertz CT molecular complexity index is 833. The van der Waals surface area contributed by atoms with Crippen LogP contribution in [0.1, 0.15) is 35.3 Å². The van der Waals surface area contributed by atoms with Gasteiger partial charge in [-0.25, -0.2) is 13.2 Å². The molecule has 0 aliphatic carbocycles. The van der Waals surface area contributed by atoms with Gasteiger partial charge in [0, 0.05) is 13.1 Å². The minimum absolute atomic E-state index is 0.166. The van der Waals surface area contributed by atoms with Crippen molar-refractivity contribution in [3.63, 3.8) is 0 Å². The number of ether oxygens (including phenoxy) is 1. The van der Waals surface area contributed by atoms with Crippen molar-refractivity contribution in [2.45, 2.75) is 32.6 Å². The molecule has 2 aromatic rings. The maximum absolute atomic E-state index is 12.5.